The van der Waals surface area contributed by atoms with Gasteiger partial charge in [-0.15, -0.1) is 11.3 Å². The van der Waals surface area contributed by atoms with Crippen LogP contribution in [0.15, 0.2) is 17.4 Å². The van der Waals surface area contributed by atoms with E-state index in [1.807, 2.05) is 0 Å². The number of rotatable bonds is 3. The average molecular weight is 429 g/mol. The molecule has 0 unspecified atom stereocenters. The van der Waals surface area contributed by atoms with Crippen LogP contribution in [0.2, 0.25) is 0 Å². The zero-order valence-electron chi connectivity index (χ0n) is 16.3. The molecule has 1 atom stereocenters. The van der Waals surface area contributed by atoms with Gasteiger partial charge in [0.05, 0.1) is 23.6 Å². The molecule has 0 aromatic carbocycles. The van der Waals surface area contributed by atoms with Gasteiger partial charge in [-0.2, -0.15) is 18.2 Å². The van der Waals surface area contributed by atoms with Crippen LogP contribution in [-0.2, 0) is 11.2 Å². The van der Waals surface area contributed by atoms with Gasteiger partial charge in [0.2, 0.25) is 0 Å². The second-order valence-corrected chi connectivity index (χ2v) is 8.81. The summed E-state index contributed by atoms with van der Waals surface area (Å²) in [5, 5.41) is 6.89. The van der Waals surface area contributed by atoms with Crippen LogP contribution in [-0.4, -0.2) is 52.7 Å². The van der Waals surface area contributed by atoms with Gasteiger partial charge in [-0.25, -0.2) is 14.8 Å². The predicted molar refractivity (Wildman–Crippen MR) is 106 cm³/mol. The number of nitrogens with zero attached hydrogens (tertiary/aromatic N) is 3. The number of carbonyl (C=O) groups is 1. The molecule has 2 aromatic rings. The van der Waals surface area contributed by atoms with Gasteiger partial charge in [0.25, 0.3) is 0 Å². The largest absolute Gasteiger partial charge is 0.442 e. The number of hydrogen-bond donors (Lipinski definition) is 2. The maximum Gasteiger partial charge on any atom is 0.434 e. The highest BCUT2D eigenvalue weighted by Gasteiger charge is 2.29. The zero-order valence-corrected chi connectivity index (χ0v) is 17.1. The number of amides is 1. The van der Waals surface area contributed by atoms with Crippen molar-refractivity contribution in [1.29, 1.82) is 0 Å². The Bertz CT molecular complexity index is 920. The van der Waals surface area contributed by atoms with Gasteiger partial charge < -0.3 is 15.4 Å². The monoisotopic (exact) mass is 429 g/mol. The highest BCUT2D eigenvalue weighted by Crippen LogP contribution is 2.32. The van der Waals surface area contributed by atoms with Crippen LogP contribution in [0.1, 0.15) is 32.1 Å². The standard InChI is InChI=1S/C18H22F3N5O2S/c1-17(2,3)28-16(27)26-13-8-22-5-4-12(13)25-14-11-6-10(7-18(19,20)21)29-15(11)24-9-23-14/h6,9,12,22H,4-5,7-8H2,1-3H3,(H,23,24,25)/t12-/m0/s1. The number of anilines is 1. The summed E-state index contributed by atoms with van der Waals surface area (Å²) in [4.78, 5) is 25.1. The van der Waals surface area contributed by atoms with Gasteiger partial charge in [-0.3, -0.25) is 0 Å². The Kier molecular flexibility index (Phi) is 6.08. The minimum absolute atomic E-state index is 0.170. The van der Waals surface area contributed by atoms with Crippen LogP contribution in [0, 0.1) is 0 Å². The van der Waals surface area contributed by atoms with E-state index in [2.05, 4.69) is 25.6 Å². The number of nitrogens with one attached hydrogen (secondary N) is 2. The Morgan fingerprint density at radius 1 is 1.38 bits per heavy atom. The Hall–Kier alpha value is -2.27. The van der Waals surface area contributed by atoms with Crippen molar-refractivity contribution in [3.8, 4) is 0 Å². The van der Waals surface area contributed by atoms with Crippen LogP contribution in [0.5, 0.6) is 0 Å². The number of piperidine rings is 1. The van der Waals surface area contributed by atoms with E-state index >= 15 is 0 Å². The number of aliphatic imine (C=N–C) groups is 1. The Morgan fingerprint density at radius 2 is 2.14 bits per heavy atom. The molecule has 2 N–H and O–H groups in total. The molecule has 3 rings (SSSR count). The second-order valence-electron chi connectivity index (χ2n) is 7.69. The topological polar surface area (TPSA) is 88.5 Å². The molecule has 3 heterocycles. The first-order valence-corrected chi connectivity index (χ1v) is 9.90. The maximum atomic E-state index is 12.7. The number of ether oxygens (including phenoxy) is 1. The number of fused-ring (bicyclic) bond motifs is 1. The summed E-state index contributed by atoms with van der Waals surface area (Å²) in [5.74, 6) is 0.420. The molecule has 1 aliphatic rings. The fourth-order valence-electron chi connectivity index (χ4n) is 2.90. The molecule has 1 saturated heterocycles. The quantitative estimate of drug-likeness (QED) is 0.768. The minimum Gasteiger partial charge on any atom is -0.442 e. The molecule has 7 nitrogen and oxygen atoms in total. The van der Waals surface area contributed by atoms with Crippen LogP contribution >= 0.6 is 11.3 Å². The molecule has 0 radical (unpaired) electrons. The lowest BCUT2D eigenvalue weighted by Gasteiger charge is -2.27. The van der Waals surface area contributed by atoms with Crippen molar-refractivity contribution in [2.24, 2.45) is 4.99 Å². The molecular formula is C18H22F3N5O2S. The van der Waals surface area contributed by atoms with E-state index in [9.17, 15) is 18.0 Å². The first kappa shape index (κ1) is 21.4. The fourth-order valence-corrected chi connectivity index (χ4v) is 3.92. The summed E-state index contributed by atoms with van der Waals surface area (Å²) < 4.78 is 43.4. The zero-order chi connectivity index (χ0) is 21.2. The van der Waals surface area contributed by atoms with Gasteiger partial charge in [-0.05, 0) is 39.8 Å². The summed E-state index contributed by atoms with van der Waals surface area (Å²) in [7, 11) is 0. The Balaban J connectivity index is 1.83. The molecule has 0 aliphatic carbocycles. The molecule has 0 spiro atoms. The number of thiophene rings is 1. The fraction of sp³-hybridized carbons (Fsp3) is 0.556. The third-order valence-electron chi connectivity index (χ3n) is 4.01. The van der Waals surface area contributed by atoms with Gasteiger partial charge >= 0.3 is 12.3 Å². The van der Waals surface area contributed by atoms with E-state index < -0.39 is 24.3 Å². The Labute approximate surface area is 169 Å². The molecule has 29 heavy (non-hydrogen) atoms. The number of hydrogen-bond acceptors (Lipinski definition) is 7. The lowest BCUT2D eigenvalue weighted by Crippen LogP contribution is -2.45. The molecule has 1 aliphatic heterocycles. The lowest BCUT2D eigenvalue weighted by molar-refractivity contribution is -0.126. The highest BCUT2D eigenvalue weighted by molar-refractivity contribution is 7.18. The summed E-state index contributed by atoms with van der Waals surface area (Å²) in [6, 6.07) is 1.16. The first-order valence-electron chi connectivity index (χ1n) is 9.08. The summed E-state index contributed by atoms with van der Waals surface area (Å²) in [5.41, 5.74) is -0.0979. The van der Waals surface area contributed by atoms with Crippen molar-refractivity contribution in [3.05, 3.63) is 17.3 Å². The van der Waals surface area contributed by atoms with E-state index in [0.29, 0.717) is 41.3 Å². The Morgan fingerprint density at radius 3 is 2.83 bits per heavy atom. The van der Waals surface area contributed by atoms with Crippen molar-refractivity contribution < 1.29 is 22.7 Å². The van der Waals surface area contributed by atoms with Crippen LogP contribution in [0.4, 0.5) is 23.8 Å². The van der Waals surface area contributed by atoms with Crippen molar-refractivity contribution in [2.45, 2.75) is 51.4 Å². The molecule has 11 heteroatoms. The number of aromatic nitrogens is 2. The number of carbonyl (C=O) groups excluding carboxylic acids is 1. The lowest BCUT2D eigenvalue weighted by atomic mass is 10.0. The summed E-state index contributed by atoms with van der Waals surface area (Å²) in [6.45, 7) is 6.36. The van der Waals surface area contributed by atoms with E-state index in [1.54, 1.807) is 20.8 Å². The molecular weight excluding hydrogens is 407 g/mol. The van der Waals surface area contributed by atoms with E-state index in [4.69, 9.17) is 4.74 Å². The number of alkyl halides is 3. The third kappa shape index (κ3) is 6.10. The highest BCUT2D eigenvalue weighted by atomic mass is 32.1. The normalized spacial score (nSPS) is 19.5. The molecule has 2 aromatic heterocycles. The van der Waals surface area contributed by atoms with Crippen LogP contribution in [0.3, 0.4) is 0 Å². The third-order valence-corrected chi connectivity index (χ3v) is 5.06. The van der Waals surface area contributed by atoms with Gasteiger partial charge in [0, 0.05) is 11.4 Å². The second kappa shape index (κ2) is 8.23. The van der Waals surface area contributed by atoms with E-state index in [-0.39, 0.29) is 10.9 Å². The average Bonchev–Trinajstić information content (AvgIpc) is 2.96. The summed E-state index contributed by atoms with van der Waals surface area (Å²) in [6.07, 6.45) is -4.04. The minimum atomic E-state index is -4.29. The van der Waals surface area contributed by atoms with E-state index in [1.165, 1.54) is 12.4 Å². The molecule has 158 valence electrons. The molecule has 0 saturated carbocycles. The first-order chi connectivity index (χ1) is 13.5. The van der Waals surface area contributed by atoms with E-state index in [0.717, 1.165) is 11.3 Å². The van der Waals surface area contributed by atoms with Crippen LogP contribution in [0.25, 0.3) is 10.2 Å². The van der Waals surface area contributed by atoms with Crippen molar-refractivity contribution >= 4 is 39.2 Å². The molecule has 1 amide bonds. The summed E-state index contributed by atoms with van der Waals surface area (Å²) >= 11 is 0.990. The molecule has 0 bridgehead atoms. The predicted octanol–water partition coefficient (Wildman–Crippen LogP) is 3.95. The van der Waals surface area contributed by atoms with Crippen LogP contribution < -0.4 is 10.6 Å². The van der Waals surface area contributed by atoms with Crippen molar-refractivity contribution in [1.82, 2.24) is 15.3 Å². The number of halogens is 3. The smallest absolute Gasteiger partial charge is 0.434 e. The van der Waals surface area contributed by atoms with Crippen molar-refractivity contribution in [3.63, 3.8) is 0 Å². The maximum absolute atomic E-state index is 12.7. The van der Waals surface area contributed by atoms with Crippen molar-refractivity contribution in [2.75, 3.05) is 18.4 Å². The van der Waals surface area contributed by atoms with Gasteiger partial charge in [-0.1, -0.05) is 0 Å². The van der Waals surface area contributed by atoms with Gasteiger partial charge in [0.1, 0.15) is 22.6 Å². The van der Waals surface area contributed by atoms with Gasteiger partial charge in [0.15, 0.2) is 0 Å². The SMILES string of the molecule is CC(C)(C)OC(=O)N=C1CNCC[C@@H]1Nc1ncnc2sc(CC(F)(F)F)cc12. The molecule has 1 fully saturated rings.